The van der Waals surface area contributed by atoms with Crippen molar-refractivity contribution in [2.24, 2.45) is 5.92 Å². The van der Waals surface area contributed by atoms with E-state index in [9.17, 15) is 14.4 Å². The molecular weight excluding hydrogens is 425 g/mol. The minimum absolute atomic E-state index is 0.0243. The summed E-state index contributed by atoms with van der Waals surface area (Å²) < 4.78 is 5.31. The van der Waals surface area contributed by atoms with Gasteiger partial charge >= 0.3 is 5.97 Å². The van der Waals surface area contributed by atoms with E-state index in [0.29, 0.717) is 21.3 Å². The summed E-state index contributed by atoms with van der Waals surface area (Å²) in [6.07, 6.45) is -1.00. The lowest BCUT2D eigenvalue weighted by molar-refractivity contribution is -0.151. The Labute approximate surface area is 177 Å². The first kappa shape index (κ1) is 20.6. The summed E-state index contributed by atoms with van der Waals surface area (Å²) in [5, 5.41) is 1.07. The molecule has 2 atom stereocenters. The van der Waals surface area contributed by atoms with Crippen molar-refractivity contribution in [2.45, 2.75) is 19.4 Å². The number of esters is 1. The Morgan fingerprint density at radius 3 is 2.46 bits per heavy atom. The van der Waals surface area contributed by atoms with Crippen LogP contribution in [-0.4, -0.2) is 30.3 Å². The molecule has 0 aliphatic carbocycles. The lowest BCUT2D eigenvalue weighted by Gasteiger charge is -2.19. The van der Waals surface area contributed by atoms with Gasteiger partial charge in [-0.05, 0) is 43.3 Å². The molecule has 0 N–H and O–H groups in total. The number of hydrogen-bond acceptors (Lipinski definition) is 4. The van der Waals surface area contributed by atoms with Gasteiger partial charge in [-0.25, -0.2) is 0 Å². The fourth-order valence-electron chi connectivity index (χ4n) is 2.97. The second kappa shape index (κ2) is 8.52. The lowest BCUT2D eigenvalue weighted by Crippen LogP contribution is -2.30. The van der Waals surface area contributed by atoms with Crippen LogP contribution < -0.4 is 4.90 Å². The van der Waals surface area contributed by atoms with E-state index in [-0.39, 0.29) is 29.7 Å². The van der Waals surface area contributed by atoms with Crippen LogP contribution >= 0.6 is 34.8 Å². The van der Waals surface area contributed by atoms with Gasteiger partial charge in [-0.1, -0.05) is 40.9 Å². The third-order valence-corrected chi connectivity index (χ3v) is 5.53. The molecule has 28 heavy (non-hydrogen) atoms. The zero-order valence-corrected chi connectivity index (χ0v) is 17.1. The van der Waals surface area contributed by atoms with Crippen molar-refractivity contribution in [1.82, 2.24) is 0 Å². The summed E-state index contributed by atoms with van der Waals surface area (Å²) in [5.74, 6) is -1.90. The molecule has 2 aromatic carbocycles. The SMILES string of the molecule is C[C@H](OC(=O)[C@@H]1CC(=O)N(c2cccc(Cl)c2Cl)C1)C(=O)c1ccc(Cl)cc1. The Kier molecular flexibility index (Phi) is 6.28. The van der Waals surface area contributed by atoms with Gasteiger partial charge < -0.3 is 9.64 Å². The van der Waals surface area contributed by atoms with E-state index in [1.165, 1.54) is 11.8 Å². The Morgan fingerprint density at radius 1 is 1.11 bits per heavy atom. The number of benzene rings is 2. The van der Waals surface area contributed by atoms with Crippen LogP contribution in [0.5, 0.6) is 0 Å². The minimum atomic E-state index is -0.979. The van der Waals surface area contributed by atoms with Gasteiger partial charge in [-0.3, -0.25) is 14.4 Å². The third kappa shape index (κ3) is 4.32. The van der Waals surface area contributed by atoms with Crippen LogP contribution in [0.3, 0.4) is 0 Å². The number of halogens is 3. The first-order chi connectivity index (χ1) is 13.3. The molecule has 1 amide bonds. The molecule has 1 aliphatic rings. The first-order valence-electron chi connectivity index (χ1n) is 8.52. The maximum atomic E-state index is 12.5. The summed E-state index contributed by atoms with van der Waals surface area (Å²) in [6, 6.07) is 11.3. The molecular formula is C20H16Cl3NO4. The maximum Gasteiger partial charge on any atom is 0.312 e. The highest BCUT2D eigenvalue weighted by Crippen LogP contribution is 2.36. The number of rotatable bonds is 5. The van der Waals surface area contributed by atoms with Gasteiger partial charge in [0.25, 0.3) is 0 Å². The zero-order chi connectivity index (χ0) is 20.4. The van der Waals surface area contributed by atoms with E-state index >= 15 is 0 Å². The fourth-order valence-corrected chi connectivity index (χ4v) is 3.50. The Morgan fingerprint density at radius 2 is 1.79 bits per heavy atom. The molecule has 8 heteroatoms. The summed E-state index contributed by atoms with van der Waals surface area (Å²) >= 11 is 18.0. The maximum absolute atomic E-state index is 12.5. The number of ether oxygens (including phenoxy) is 1. The summed E-state index contributed by atoms with van der Waals surface area (Å²) in [5.41, 5.74) is 0.833. The van der Waals surface area contributed by atoms with Crippen molar-refractivity contribution in [2.75, 3.05) is 11.4 Å². The molecule has 1 saturated heterocycles. The van der Waals surface area contributed by atoms with E-state index in [4.69, 9.17) is 39.5 Å². The molecule has 2 aromatic rings. The molecule has 0 spiro atoms. The van der Waals surface area contributed by atoms with Crippen molar-refractivity contribution < 1.29 is 19.1 Å². The van der Waals surface area contributed by atoms with Crippen LogP contribution in [0.2, 0.25) is 15.1 Å². The number of anilines is 1. The molecule has 0 radical (unpaired) electrons. The Balaban J connectivity index is 1.66. The molecule has 0 aromatic heterocycles. The standard InChI is InChI=1S/C20H16Cl3NO4/c1-11(19(26)12-5-7-14(21)8-6-12)28-20(27)13-9-17(25)24(10-13)16-4-2-3-15(22)18(16)23/h2-8,11,13H,9-10H2,1H3/t11-,13+/m0/s1. The van der Waals surface area contributed by atoms with Crippen LogP contribution in [0.4, 0.5) is 5.69 Å². The second-order valence-corrected chi connectivity index (χ2v) is 7.65. The lowest BCUT2D eigenvalue weighted by atomic mass is 10.1. The topological polar surface area (TPSA) is 63.7 Å². The number of ketones is 1. The van der Waals surface area contributed by atoms with Gasteiger partial charge in [0.05, 0.1) is 21.7 Å². The van der Waals surface area contributed by atoms with Crippen LogP contribution in [-0.2, 0) is 14.3 Å². The van der Waals surface area contributed by atoms with Crippen molar-refractivity contribution >= 4 is 58.1 Å². The van der Waals surface area contributed by atoms with E-state index in [1.54, 1.807) is 42.5 Å². The van der Waals surface area contributed by atoms with Crippen molar-refractivity contribution in [1.29, 1.82) is 0 Å². The van der Waals surface area contributed by atoms with Gasteiger partial charge in [0, 0.05) is 23.6 Å². The van der Waals surface area contributed by atoms with Crippen LogP contribution in [0.15, 0.2) is 42.5 Å². The molecule has 146 valence electrons. The number of carbonyl (C=O) groups excluding carboxylic acids is 3. The van der Waals surface area contributed by atoms with E-state index in [0.717, 1.165) is 0 Å². The summed E-state index contributed by atoms with van der Waals surface area (Å²) in [7, 11) is 0. The highest BCUT2D eigenvalue weighted by atomic mass is 35.5. The van der Waals surface area contributed by atoms with Gasteiger partial charge in [0.2, 0.25) is 11.7 Å². The summed E-state index contributed by atoms with van der Waals surface area (Å²) in [4.78, 5) is 38.7. The normalized spacial score (nSPS) is 17.5. The van der Waals surface area contributed by atoms with Crippen LogP contribution in [0.25, 0.3) is 0 Å². The molecule has 0 bridgehead atoms. The smallest absolute Gasteiger partial charge is 0.312 e. The molecule has 0 unspecified atom stereocenters. The average molecular weight is 441 g/mol. The minimum Gasteiger partial charge on any atom is -0.454 e. The first-order valence-corrected chi connectivity index (χ1v) is 9.66. The Hall–Kier alpha value is -2.08. The van der Waals surface area contributed by atoms with Gasteiger partial charge in [-0.15, -0.1) is 0 Å². The fraction of sp³-hybridized carbons (Fsp3) is 0.250. The predicted molar refractivity (Wildman–Crippen MR) is 108 cm³/mol. The van der Waals surface area contributed by atoms with E-state index in [2.05, 4.69) is 0 Å². The van der Waals surface area contributed by atoms with Gasteiger partial charge in [-0.2, -0.15) is 0 Å². The van der Waals surface area contributed by atoms with Crippen LogP contribution in [0.1, 0.15) is 23.7 Å². The van der Waals surface area contributed by atoms with Gasteiger partial charge in [0.1, 0.15) is 0 Å². The van der Waals surface area contributed by atoms with E-state index in [1.807, 2.05) is 0 Å². The number of nitrogens with zero attached hydrogens (tertiary/aromatic N) is 1. The number of carbonyl (C=O) groups is 3. The second-order valence-electron chi connectivity index (χ2n) is 6.43. The largest absolute Gasteiger partial charge is 0.454 e. The number of Topliss-reactive ketones (excluding diaryl/α,β-unsaturated/α-hetero) is 1. The highest BCUT2D eigenvalue weighted by Gasteiger charge is 2.38. The van der Waals surface area contributed by atoms with Crippen molar-refractivity contribution in [3.05, 3.63) is 63.1 Å². The molecule has 3 rings (SSSR count). The zero-order valence-electron chi connectivity index (χ0n) is 14.8. The summed E-state index contributed by atoms with van der Waals surface area (Å²) in [6.45, 7) is 1.61. The quantitative estimate of drug-likeness (QED) is 0.494. The van der Waals surface area contributed by atoms with Crippen molar-refractivity contribution in [3.8, 4) is 0 Å². The van der Waals surface area contributed by atoms with Crippen LogP contribution in [0, 0.1) is 5.92 Å². The van der Waals surface area contributed by atoms with Gasteiger partial charge in [0.15, 0.2) is 6.10 Å². The highest BCUT2D eigenvalue weighted by molar-refractivity contribution is 6.44. The third-order valence-electron chi connectivity index (χ3n) is 4.47. The molecule has 1 heterocycles. The Bertz CT molecular complexity index is 930. The predicted octanol–water partition coefficient (Wildman–Crippen LogP) is 4.81. The number of amides is 1. The molecule has 1 fully saturated rings. The molecule has 0 saturated carbocycles. The monoisotopic (exact) mass is 439 g/mol. The molecule has 1 aliphatic heterocycles. The average Bonchev–Trinajstić information content (AvgIpc) is 3.05. The van der Waals surface area contributed by atoms with E-state index < -0.39 is 18.0 Å². The van der Waals surface area contributed by atoms with Crippen molar-refractivity contribution in [3.63, 3.8) is 0 Å². The molecule has 5 nitrogen and oxygen atoms in total. The number of hydrogen-bond donors (Lipinski definition) is 0.